The maximum absolute atomic E-state index is 10.2. The highest BCUT2D eigenvalue weighted by molar-refractivity contribution is 5.29. The molecule has 1 aromatic heterocycles. The lowest BCUT2D eigenvalue weighted by molar-refractivity contribution is 0.214. The molecular weight excluding hydrogens is 224 g/mol. The molecule has 0 saturated heterocycles. The monoisotopic (exact) mass is 242 g/mol. The van der Waals surface area contributed by atoms with Gasteiger partial charge in [0.15, 0.2) is 0 Å². The fraction of sp³-hybridized carbons (Fsp3) is 0.333. The zero-order valence-corrected chi connectivity index (χ0v) is 11.0. The number of benzene rings is 1. The summed E-state index contributed by atoms with van der Waals surface area (Å²) >= 11 is 0. The molecular formula is C15H18N2O. The van der Waals surface area contributed by atoms with E-state index < -0.39 is 6.10 Å². The molecule has 1 aromatic carbocycles. The first kappa shape index (κ1) is 12.7. The van der Waals surface area contributed by atoms with Crippen molar-refractivity contribution in [3.05, 3.63) is 59.2 Å². The molecule has 1 unspecified atom stereocenters. The van der Waals surface area contributed by atoms with Crippen LogP contribution in [-0.4, -0.2) is 15.1 Å². The molecule has 0 spiro atoms. The van der Waals surface area contributed by atoms with Gasteiger partial charge in [-0.25, -0.2) is 0 Å². The van der Waals surface area contributed by atoms with E-state index in [0.717, 1.165) is 11.3 Å². The summed E-state index contributed by atoms with van der Waals surface area (Å²) in [6.45, 7) is 6.17. The van der Waals surface area contributed by atoms with Gasteiger partial charge in [0.05, 0.1) is 17.6 Å². The van der Waals surface area contributed by atoms with Crippen LogP contribution >= 0.6 is 0 Å². The molecule has 0 amide bonds. The van der Waals surface area contributed by atoms with Crippen molar-refractivity contribution in [2.75, 3.05) is 0 Å². The number of nitrogens with zero attached hydrogens (tertiary/aromatic N) is 2. The van der Waals surface area contributed by atoms with Crippen molar-refractivity contribution >= 4 is 0 Å². The van der Waals surface area contributed by atoms with E-state index in [2.05, 4.69) is 23.8 Å². The Bertz CT molecular complexity index is 503. The van der Waals surface area contributed by atoms with Gasteiger partial charge in [-0.1, -0.05) is 38.1 Å². The molecule has 0 aliphatic carbocycles. The van der Waals surface area contributed by atoms with Crippen LogP contribution in [0.3, 0.4) is 0 Å². The zero-order valence-electron chi connectivity index (χ0n) is 11.0. The smallest absolute Gasteiger partial charge is 0.123 e. The Kier molecular flexibility index (Phi) is 3.72. The van der Waals surface area contributed by atoms with Gasteiger partial charge >= 0.3 is 0 Å². The van der Waals surface area contributed by atoms with Gasteiger partial charge in [0.2, 0.25) is 0 Å². The van der Waals surface area contributed by atoms with Crippen molar-refractivity contribution in [3.8, 4) is 0 Å². The van der Waals surface area contributed by atoms with Gasteiger partial charge in [-0.15, -0.1) is 0 Å². The summed E-state index contributed by atoms with van der Waals surface area (Å²) in [6.07, 6.45) is 2.58. The standard InChI is InChI=1S/C15H18N2O/c1-10(2)12-4-6-13(7-5-12)15(18)14-9-16-11(3)8-17-14/h4-10,15,18H,1-3H3. The van der Waals surface area contributed by atoms with Crippen LogP contribution in [0.5, 0.6) is 0 Å². The molecule has 3 nitrogen and oxygen atoms in total. The van der Waals surface area contributed by atoms with E-state index in [-0.39, 0.29) is 0 Å². The third-order valence-corrected chi connectivity index (χ3v) is 3.00. The van der Waals surface area contributed by atoms with Crippen LogP contribution in [0, 0.1) is 6.92 Å². The molecule has 1 heterocycles. The van der Waals surface area contributed by atoms with Crippen LogP contribution in [0.1, 0.15) is 48.4 Å². The number of aliphatic hydroxyl groups is 1. The molecule has 0 radical (unpaired) electrons. The molecule has 0 bridgehead atoms. The largest absolute Gasteiger partial charge is 0.382 e. The molecule has 2 aromatic rings. The maximum Gasteiger partial charge on any atom is 0.123 e. The van der Waals surface area contributed by atoms with Crippen LogP contribution in [0.25, 0.3) is 0 Å². The average Bonchev–Trinajstić information content (AvgIpc) is 2.39. The first-order valence-electron chi connectivity index (χ1n) is 6.14. The topological polar surface area (TPSA) is 46.0 Å². The van der Waals surface area contributed by atoms with Crippen molar-refractivity contribution in [2.24, 2.45) is 0 Å². The fourth-order valence-corrected chi connectivity index (χ4v) is 1.78. The Morgan fingerprint density at radius 2 is 1.56 bits per heavy atom. The molecule has 1 N–H and O–H groups in total. The van der Waals surface area contributed by atoms with Crippen molar-refractivity contribution in [3.63, 3.8) is 0 Å². The lowest BCUT2D eigenvalue weighted by Gasteiger charge is -2.12. The van der Waals surface area contributed by atoms with E-state index in [4.69, 9.17) is 0 Å². The van der Waals surface area contributed by atoms with Gasteiger partial charge < -0.3 is 5.11 Å². The second kappa shape index (κ2) is 5.27. The summed E-state index contributed by atoms with van der Waals surface area (Å²) < 4.78 is 0. The molecule has 94 valence electrons. The lowest BCUT2D eigenvalue weighted by atomic mass is 9.99. The zero-order chi connectivity index (χ0) is 13.1. The predicted molar refractivity (Wildman–Crippen MR) is 71.4 cm³/mol. The predicted octanol–water partition coefficient (Wildman–Crippen LogP) is 2.99. The molecule has 3 heteroatoms. The summed E-state index contributed by atoms with van der Waals surface area (Å²) in [7, 11) is 0. The Hall–Kier alpha value is -1.74. The number of aromatic nitrogens is 2. The Morgan fingerprint density at radius 3 is 2.06 bits per heavy atom. The first-order valence-corrected chi connectivity index (χ1v) is 6.14. The van der Waals surface area contributed by atoms with E-state index >= 15 is 0 Å². The van der Waals surface area contributed by atoms with Crippen LogP contribution in [-0.2, 0) is 0 Å². The van der Waals surface area contributed by atoms with Crippen molar-refractivity contribution in [2.45, 2.75) is 32.8 Å². The van der Waals surface area contributed by atoms with Crippen LogP contribution < -0.4 is 0 Å². The van der Waals surface area contributed by atoms with Crippen molar-refractivity contribution < 1.29 is 5.11 Å². The van der Waals surface area contributed by atoms with E-state index in [9.17, 15) is 5.11 Å². The summed E-state index contributed by atoms with van der Waals surface area (Å²) in [4.78, 5) is 8.35. The third kappa shape index (κ3) is 2.74. The van der Waals surface area contributed by atoms with Crippen molar-refractivity contribution in [1.82, 2.24) is 9.97 Å². The van der Waals surface area contributed by atoms with Crippen molar-refractivity contribution in [1.29, 1.82) is 0 Å². The van der Waals surface area contributed by atoms with Gasteiger partial charge in [0, 0.05) is 6.20 Å². The molecule has 1 atom stereocenters. The van der Waals surface area contributed by atoms with Crippen LogP contribution in [0.4, 0.5) is 0 Å². The fourth-order valence-electron chi connectivity index (χ4n) is 1.78. The molecule has 0 fully saturated rings. The molecule has 18 heavy (non-hydrogen) atoms. The summed E-state index contributed by atoms with van der Waals surface area (Å²) in [5, 5.41) is 10.2. The second-order valence-electron chi connectivity index (χ2n) is 4.81. The average molecular weight is 242 g/mol. The number of hydrogen-bond donors (Lipinski definition) is 1. The SMILES string of the molecule is Cc1cnc(C(O)c2ccc(C(C)C)cc2)cn1. The summed E-state index contributed by atoms with van der Waals surface area (Å²) in [5.74, 6) is 0.496. The lowest BCUT2D eigenvalue weighted by Crippen LogP contribution is -2.03. The van der Waals surface area contributed by atoms with E-state index in [1.54, 1.807) is 12.4 Å². The van der Waals surface area contributed by atoms with E-state index in [0.29, 0.717) is 11.6 Å². The van der Waals surface area contributed by atoms with Crippen LogP contribution in [0.2, 0.25) is 0 Å². The summed E-state index contributed by atoms with van der Waals surface area (Å²) in [6, 6.07) is 7.98. The van der Waals surface area contributed by atoms with Gasteiger partial charge in [-0.3, -0.25) is 9.97 Å². The summed E-state index contributed by atoms with van der Waals surface area (Å²) in [5.41, 5.74) is 3.54. The molecule has 0 aliphatic rings. The van der Waals surface area contributed by atoms with E-state index in [1.807, 2.05) is 31.2 Å². The number of aliphatic hydroxyl groups excluding tert-OH is 1. The minimum absolute atomic E-state index is 0.496. The Morgan fingerprint density at radius 1 is 0.944 bits per heavy atom. The Labute approximate surface area is 108 Å². The van der Waals surface area contributed by atoms with Gasteiger partial charge in [-0.2, -0.15) is 0 Å². The normalized spacial score (nSPS) is 12.7. The minimum Gasteiger partial charge on any atom is -0.382 e. The Balaban J connectivity index is 2.23. The highest BCUT2D eigenvalue weighted by Gasteiger charge is 2.12. The highest BCUT2D eigenvalue weighted by Crippen LogP contribution is 2.22. The number of hydrogen-bond acceptors (Lipinski definition) is 3. The van der Waals surface area contributed by atoms with Gasteiger partial charge in [-0.05, 0) is 24.0 Å². The molecule has 0 saturated carbocycles. The van der Waals surface area contributed by atoms with Crippen LogP contribution in [0.15, 0.2) is 36.7 Å². The van der Waals surface area contributed by atoms with E-state index in [1.165, 1.54) is 5.56 Å². The van der Waals surface area contributed by atoms with Gasteiger partial charge in [0.25, 0.3) is 0 Å². The second-order valence-corrected chi connectivity index (χ2v) is 4.81. The number of aryl methyl sites for hydroxylation is 1. The highest BCUT2D eigenvalue weighted by atomic mass is 16.3. The molecule has 0 aliphatic heterocycles. The minimum atomic E-state index is -0.709. The maximum atomic E-state index is 10.2. The quantitative estimate of drug-likeness (QED) is 0.900. The van der Waals surface area contributed by atoms with Gasteiger partial charge in [0.1, 0.15) is 6.10 Å². The third-order valence-electron chi connectivity index (χ3n) is 3.00. The molecule has 2 rings (SSSR count). The number of rotatable bonds is 3. The first-order chi connectivity index (χ1) is 8.58.